The van der Waals surface area contributed by atoms with E-state index in [0.29, 0.717) is 0 Å². The molecule has 0 aliphatic carbocycles. The lowest BCUT2D eigenvalue weighted by Crippen LogP contribution is -1.37. The van der Waals surface area contributed by atoms with Crippen molar-refractivity contribution in [1.82, 2.24) is 0 Å². The third kappa shape index (κ3) is 0.501. The van der Waals surface area contributed by atoms with Crippen molar-refractivity contribution in [2.45, 2.75) is 0 Å². The highest BCUT2D eigenvalue weighted by atomic mass is 32.1. The normalized spacial score (nSPS) is 10.5. The standard InChI is InChI=1S/C6H2S2/c1-2-8-6-4-7-3-5(1)6/h1,3H. The summed E-state index contributed by atoms with van der Waals surface area (Å²) in [5.74, 6) is 0. The zero-order valence-electron chi connectivity index (χ0n) is 3.97. The average molecular weight is 138 g/mol. The van der Waals surface area contributed by atoms with E-state index in [9.17, 15) is 0 Å². The van der Waals surface area contributed by atoms with Crippen molar-refractivity contribution in [1.29, 1.82) is 0 Å². The minimum atomic E-state index is 1.23. The van der Waals surface area contributed by atoms with Crippen LogP contribution in [0, 0.1) is 10.8 Å². The van der Waals surface area contributed by atoms with Crippen LogP contribution in [0.2, 0.25) is 0 Å². The molecule has 0 aliphatic heterocycles. The zero-order valence-corrected chi connectivity index (χ0v) is 5.60. The third-order valence-electron chi connectivity index (χ3n) is 0.975. The quantitative estimate of drug-likeness (QED) is 0.525. The predicted octanol–water partition coefficient (Wildman–Crippen LogP) is 2.56. The molecule has 8 heavy (non-hydrogen) atoms. The molecule has 2 rings (SSSR count). The summed E-state index contributed by atoms with van der Waals surface area (Å²) in [5.41, 5.74) is 0. The van der Waals surface area contributed by atoms with Crippen LogP contribution in [0.1, 0.15) is 0 Å². The molecular weight excluding hydrogens is 136 g/mol. The molecule has 0 aromatic carbocycles. The fourth-order valence-electron chi connectivity index (χ4n) is 0.590. The first-order valence-electron chi connectivity index (χ1n) is 2.21. The summed E-state index contributed by atoms with van der Waals surface area (Å²) in [5, 5.41) is 9.53. The van der Waals surface area contributed by atoms with Crippen LogP contribution in [0.4, 0.5) is 0 Å². The lowest BCUT2D eigenvalue weighted by atomic mass is 10.4. The van der Waals surface area contributed by atoms with E-state index in [4.69, 9.17) is 0 Å². The van der Waals surface area contributed by atoms with Gasteiger partial charge in [0.1, 0.15) is 0 Å². The molecule has 2 aromatic heterocycles. The maximum Gasteiger partial charge on any atom is 0.0635 e. The van der Waals surface area contributed by atoms with Crippen molar-refractivity contribution in [2.24, 2.45) is 0 Å². The van der Waals surface area contributed by atoms with Crippen molar-refractivity contribution < 1.29 is 0 Å². The number of hydrogen-bond donors (Lipinski definition) is 0. The van der Waals surface area contributed by atoms with Crippen molar-refractivity contribution in [2.75, 3.05) is 0 Å². The first kappa shape index (κ1) is 4.53. The largest absolute Gasteiger partial charge is 0.141 e. The van der Waals surface area contributed by atoms with E-state index in [1.807, 2.05) is 6.07 Å². The summed E-state index contributed by atoms with van der Waals surface area (Å²) in [6.45, 7) is 0. The van der Waals surface area contributed by atoms with Crippen molar-refractivity contribution >= 4 is 32.8 Å². The van der Waals surface area contributed by atoms with E-state index < -0.39 is 0 Å². The van der Waals surface area contributed by atoms with Gasteiger partial charge in [0.25, 0.3) is 0 Å². The van der Waals surface area contributed by atoms with Crippen molar-refractivity contribution in [3.63, 3.8) is 0 Å². The predicted molar refractivity (Wildman–Crippen MR) is 37.4 cm³/mol. The zero-order chi connectivity index (χ0) is 5.40. The second-order valence-electron chi connectivity index (χ2n) is 1.49. The summed E-state index contributed by atoms with van der Waals surface area (Å²) >= 11 is 3.25. The smallest absolute Gasteiger partial charge is 0.0635 e. The van der Waals surface area contributed by atoms with Gasteiger partial charge in [0.05, 0.1) is 10.1 Å². The van der Waals surface area contributed by atoms with E-state index in [1.165, 1.54) is 10.1 Å². The van der Waals surface area contributed by atoms with Crippen molar-refractivity contribution in [3.8, 4) is 0 Å². The molecule has 0 N–H and O–H groups in total. The number of rotatable bonds is 0. The Balaban J connectivity index is 3.06. The lowest BCUT2D eigenvalue weighted by Gasteiger charge is -1.62. The molecule has 38 valence electrons. The molecule has 0 unspecified atom stereocenters. The fourth-order valence-corrected chi connectivity index (χ4v) is 2.11. The maximum atomic E-state index is 3.13. The molecule has 0 spiro atoms. The minimum Gasteiger partial charge on any atom is -0.141 e. The Hall–Kier alpha value is -0.340. The van der Waals surface area contributed by atoms with Gasteiger partial charge in [-0.25, -0.2) is 0 Å². The Morgan fingerprint density at radius 3 is 3.38 bits per heavy atom. The summed E-state index contributed by atoms with van der Waals surface area (Å²) < 4.78 is 1.23. The Bertz CT molecular complexity index is 228. The highest BCUT2D eigenvalue weighted by Gasteiger charge is 1.91. The van der Waals surface area contributed by atoms with Crippen LogP contribution < -0.4 is 0 Å². The van der Waals surface area contributed by atoms with Gasteiger partial charge in [-0.05, 0) is 6.07 Å². The van der Waals surface area contributed by atoms with Gasteiger partial charge >= 0.3 is 0 Å². The molecule has 0 atom stereocenters. The van der Waals surface area contributed by atoms with Crippen LogP contribution in [-0.4, -0.2) is 0 Å². The molecule has 2 heterocycles. The van der Waals surface area contributed by atoms with Crippen LogP contribution in [0.3, 0.4) is 0 Å². The van der Waals surface area contributed by atoms with Gasteiger partial charge < -0.3 is 0 Å². The van der Waals surface area contributed by atoms with E-state index >= 15 is 0 Å². The lowest BCUT2D eigenvalue weighted by molar-refractivity contribution is 2.15. The average Bonchev–Trinajstić information content (AvgIpc) is 2.15. The van der Waals surface area contributed by atoms with Crippen LogP contribution in [0.15, 0.2) is 11.4 Å². The first-order valence-corrected chi connectivity index (χ1v) is 3.91. The highest BCUT2D eigenvalue weighted by Crippen LogP contribution is 2.22. The Morgan fingerprint density at radius 1 is 1.50 bits per heavy atom. The Kier molecular flexibility index (Phi) is 0.889. The van der Waals surface area contributed by atoms with E-state index in [0.717, 1.165) is 0 Å². The molecule has 0 saturated carbocycles. The van der Waals surface area contributed by atoms with Gasteiger partial charge in [-0.2, -0.15) is 0 Å². The topological polar surface area (TPSA) is 0 Å². The van der Waals surface area contributed by atoms with E-state index in [-0.39, 0.29) is 0 Å². The maximum absolute atomic E-state index is 3.13. The molecule has 0 nitrogen and oxygen atoms in total. The molecule has 2 heteroatoms. The van der Waals surface area contributed by atoms with E-state index in [2.05, 4.69) is 16.1 Å². The van der Waals surface area contributed by atoms with E-state index in [1.54, 1.807) is 22.7 Å². The molecule has 0 bridgehead atoms. The van der Waals surface area contributed by atoms with Crippen LogP contribution in [0.25, 0.3) is 10.1 Å². The molecule has 2 aromatic rings. The Labute approximate surface area is 55.4 Å². The van der Waals surface area contributed by atoms with Gasteiger partial charge in [-0.3, -0.25) is 0 Å². The third-order valence-corrected chi connectivity index (χ3v) is 2.58. The van der Waals surface area contributed by atoms with Gasteiger partial charge in [0.2, 0.25) is 0 Å². The monoisotopic (exact) mass is 138 g/mol. The SMILES string of the molecule is [c]1cc2cs[c]c2s1. The fraction of sp³-hybridized carbons (Fsp3) is 0. The molecule has 2 radical (unpaired) electrons. The van der Waals surface area contributed by atoms with Crippen LogP contribution in [-0.2, 0) is 0 Å². The summed E-state index contributed by atoms with van der Waals surface area (Å²) in [6.07, 6.45) is 0. The van der Waals surface area contributed by atoms with Crippen molar-refractivity contribution in [3.05, 3.63) is 22.2 Å². The summed E-state index contributed by atoms with van der Waals surface area (Å²) in [6, 6.07) is 1.99. The molecule has 0 saturated heterocycles. The molecule has 0 aliphatic rings. The number of fused-ring (bicyclic) bond motifs is 1. The summed E-state index contributed by atoms with van der Waals surface area (Å²) in [4.78, 5) is 0. The summed E-state index contributed by atoms with van der Waals surface area (Å²) in [7, 11) is 0. The van der Waals surface area contributed by atoms with Crippen LogP contribution in [0.5, 0.6) is 0 Å². The second-order valence-corrected chi connectivity index (χ2v) is 3.01. The van der Waals surface area contributed by atoms with Gasteiger partial charge in [-0.1, -0.05) is 0 Å². The molecule has 0 fully saturated rings. The number of hydrogen-bond acceptors (Lipinski definition) is 2. The minimum absolute atomic E-state index is 1.23. The van der Waals surface area contributed by atoms with Crippen LogP contribution >= 0.6 is 22.7 Å². The molecular formula is C6H2S2. The Morgan fingerprint density at radius 2 is 2.50 bits per heavy atom. The molecule has 0 amide bonds. The van der Waals surface area contributed by atoms with Gasteiger partial charge in [0.15, 0.2) is 0 Å². The first-order chi connectivity index (χ1) is 3.97. The highest BCUT2D eigenvalue weighted by molar-refractivity contribution is 7.20. The van der Waals surface area contributed by atoms with Gasteiger partial charge in [0, 0.05) is 16.1 Å². The number of thiophene rings is 2. The second kappa shape index (κ2) is 1.57. The van der Waals surface area contributed by atoms with Gasteiger partial charge in [-0.15, -0.1) is 22.7 Å².